The second-order valence-electron chi connectivity index (χ2n) is 1.35. The molecular formula is C4H5F3OS. The van der Waals surface area contributed by atoms with Crippen LogP contribution in [0.5, 0.6) is 0 Å². The molecule has 0 bridgehead atoms. The van der Waals surface area contributed by atoms with Crippen molar-refractivity contribution in [2.45, 2.75) is 6.18 Å². The minimum Gasteiger partial charge on any atom is -0.289 e. The van der Waals surface area contributed by atoms with Crippen molar-refractivity contribution in [3.63, 3.8) is 0 Å². The average molecular weight is 158 g/mol. The molecule has 0 aliphatic carbocycles. The smallest absolute Gasteiger partial charge is 0.289 e. The van der Waals surface area contributed by atoms with E-state index in [0.717, 1.165) is 11.8 Å². The van der Waals surface area contributed by atoms with Gasteiger partial charge in [0.05, 0.1) is 5.75 Å². The van der Waals surface area contributed by atoms with E-state index in [4.69, 9.17) is 0 Å². The van der Waals surface area contributed by atoms with Gasteiger partial charge in [-0.3, -0.25) is 4.79 Å². The van der Waals surface area contributed by atoms with Crippen LogP contribution in [0.4, 0.5) is 13.2 Å². The molecule has 0 saturated carbocycles. The lowest BCUT2D eigenvalue weighted by Gasteiger charge is -2.01. The Kier molecular flexibility index (Phi) is 3.03. The van der Waals surface area contributed by atoms with Crippen LogP contribution in [-0.4, -0.2) is 24.0 Å². The number of carbonyl (C=O) groups excluding carboxylic acids is 1. The summed E-state index contributed by atoms with van der Waals surface area (Å²) in [5.41, 5.74) is 0. The first kappa shape index (κ1) is 8.81. The normalized spacial score (nSPS) is 11.6. The van der Waals surface area contributed by atoms with Crippen molar-refractivity contribution in [2.75, 3.05) is 12.0 Å². The van der Waals surface area contributed by atoms with Crippen LogP contribution in [-0.2, 0) is 4.79 Å². The molecule has 0 fully saturated rings. The molecule has 0 unspecified atom stereocenters. The van der Waals surface area contributed by atoms with E-state index in [2.05, 4.69) is 0 Å². The van der Waals surface area contributed by atoms with Crippen LogP contribution < -0.4 is 0 Å². The molecule has 0 aromatic heterocycles. The van der Waals surface area contributed by atoms with Crippen LogP contribution >= 0.6 is 11.8 Å². The van der Waals surface area contributed by atoms with Gasteiger partial charge in [0, 0.05) is 0 Å². The zero-order chi connectivity index (χ0) is 7.49. The molecule has 0 saturated heterocycles. The van der Waals surface area contributed by atoms with Gasteiger partial charge in [0.25, 0.3) is 0 Å². The Hall–Kier alpha value is -0.190. The Balaban J connectivity index is 3.74. The van der Waals surface area contributed by atoms with Crippen LogP contribution in [0.3, 0.4) is 0 Å². The second-order valence-corrected chi connectivity index (χ2v) is 2.22. The van der Waals surface area contributed by atoms with Crippen molar-refractivity contribution < 1.29 is 18.0 Å². The Bertz CT molecular complexity index is 109. The maximum absolute atomic E-state index is 11.3. The highest BCUT2D eigenvalue weighted by Gasteiger charge is 2.37. The topological polar surface area (TPSA) is 17.1 Å². The Morgan fingerprint density at radius 1 is 1.56 bits per heavy atom. The Morgan fingerprint density at radius 2 is 2.00 bits per heavy atom. The van der Waals surface area contributed by atoms with Crippen molar-refractivity contribution in [1.29, 1.82) is 0 Å². The van der Waals surface area contributed by atoms with Gasteiger partial charge in [0.15, 0.2) is 0 Å². The molecule has 0 aromatic rings. The van der Waals surface area contributed by atoms with Gasteiger partial charge in [-0.25, -0.2) is 0 Å². The highest BCUT2D eigenvalue weighted by molar-refractivity contribution is 7.99. The fraction of sp³-hybridized carbons (Fsp3) is 0.750. The van der Waals surface area contributed by atoms with Crippen LogP contribution in [0.25, 0.3) is 0 Å². The minimum atomic E-state index is -4.65. The summed E-state index contributed by atoms with van der Waals surface area (Å²) in [6, 6.07) is 0. The van der Waals surface area contributed by atoms with Gasteiger partial charge in [-0.1, -0.05) is 0 Å². The van der Waals surface area contributed by atoms with E-state index in [1.807, 2.05) is 0 Å². The zero-order valence-electron chi connectivity index (χ0n) is 4.66. The first-order chi connectivity index (χ1) is 3.98. The van der Waals surface area contributed by atoms with Gasteiger partial charge < -0.3 is 0 Å². The molecule has 0 atom stereocenters. The number of Topliss-reactive ketones (excluding diaryl/α,β-unsaturated/α-hetero) is 1. The first-order valence-electron chi connectivity index (χ1n) is 2.07. The summed E-state index contributed by atoms with van der Waals surface area (Å²) in [7, 11) is 0. The van der Waals surface area contributed by atoms with Gasteiger partial charge in [0.2, 0.25) is 5.78 Å². The summed E-state index contributed by atoms with van der Waals surface area (Å²) in [5, 5.41) is 0. The summed E-state index contributed by atoms with van der Waals surface area (Å²) in [6.45, 7) is 0. The quantitative estimate of drug-likeness (QED) is 0.605. The van der Waals surface area contributed by atoms with E-state index in [1.54, 1.807) is 0 Å². The molecule has 1 nitrogen and oxygen atoms in total. The number of hydrogen-bond acceptors (Lipinski definition) is 2. The third-order valence-corrected chi connectivity index (χ3v) is 1.14. The molecule has 0 spiro atoms. The number of ketones is 1. The lowest BCUT2D eigenvalue weighted by Crippen LogP contribution is -2.24. The van der Waals surface area contributed by atoms with Crippen molar-refractivity contribution in [1.82, 2.24) is 0 Å². The number of rotatable bonds is 2. The number of thioether (sulfide) groups is 1. The van der Waals surface area contributed by atoms with E-state index in [1.165, 1.54) is 6.26 Å². The molecule has 0 aliphatic rings. The van der Waals surface area contributed by atoms with E-state index >= 15 is 0 Å². The van der Waals surface area contributed by atoms with Crippen LogP contribution in [0, 0.1) is 0 Å². The van der Waals surface area contributed by atoms with Crippen LogP contribution in [0.1, 0.15) is 0 Å². The highest BCUT2D eigenvalue weighted by Crippen LogP contribution is 2.17. The number of halogens is 3. The standard InChI is InChI=1S/C4H5F3OS/c1-9-2-3(8)4(5,6)7/h2H2,1H3. The third kappa shape index (κ3) is 3.40. The van der Waals surface area contributed by atoms with Gasteiger partial charge in [-0.05, 0) is 6.26 Å². The Labute approximate surface area is 54.6 Å². The summed E-state index contributed by atoms with van der Waals surface area (Å²) in [4.78, 5) is 9.92. The molecule has 0 aliphatic heterocycles. The number of alkyl halides is 3. The molecule has 0 amide bonds. The summed E-state index contributed by atoms with van der Waals surface area (Å²) in [6.07, 6.45) is -3.20. The molecule has 0 N–H and O–H groups in total. The molecular weight excluding hydrogens is 153 g/mol. The fourth-order valence-corrected chi connectivity index (χ4v) is 0.639. The SMILES string of the molecule is CSCC(=O)C(F)(F)F. The Morgan fingerprint density at radius 3 is 2.11 bits per heavy atom. The average Bonchev–Trinajstić information content (AvgIpc) is 1.64. The molecule has 0 heterocycles. The maximum Gasteiger partial charge on any atom is 0.450 e. The molecule has 54 valence electrons. The predicted octanol–water partition coefficient (Wildman–Crippen LogP) is 1.48. The highest BCUT2D eigenvalue weighted by atomic mass is 32.2. The molecule has 9 heavy (non-hydrogen) atoms. The largest absolute Gasteiger partial charge is 0.450 e. The van der Waals surface area contributed by atoms with Crippen LogP contribution in [0.15, 0.2) is 0 Å². The lowest BCUT2D eigenvalue weighted by atomic mass is 10.4. The predicted molar refractivity (Wildman–Crippen MR) is 29.4 cm³/mol. The number of hydrogen-bond donors (Lipinski definition) is 0. The van der Waals surface area contributed by atoms with Gasteiger partial charge in [-0.15, -0.1) is 0 Å². The summed E-state index contributed by atoms with van der Waals surface area (Å²) < 4.78 is 33.8. The summed E-state index contributed by atoms with van der Waals surface area (Å²) >= 11 is 0.867. The second kappa shape index (κ2) is 3.10. The van der Waals surface area contributed by atoms with E-state index in [9.17, 15) is 18.0 Å². The van der Waals surface area contributed by atoms with E-state index < -0.39 is 17.7 Å². The molecule has 0 aromatic carbocycles. The van der Waals surface area contributed by atoms with E-state index in [-0.39, 0.29) is 0 Å². The van der Waals surface area contributed by atoms with Crippen molar-refractivity contribution >= 4 is 17.5 Å². The minimum absolute atomic E-state index is 0.483. The molecule has 0 radical (unpaired) electrons. The zero-order valence-corrected chi connectivity index (χ0v) is 5.47. The van der Waals surface area contributed by atoms with E-state index in [0.29, 0.717) is 0 Å². The van der Waals surface area contributed by atoms with Crippen molar-refractivity contribution in [3.05, 3.63) is 0 Å². The fourth-order valence-electron chi connectivity index (χ4n) is 0.213. The third-order valence-electron chi connectivity index (χ3n) is 0.592. The van der Waals surface area contributed by atoms with Gasteiger partial charge in [-0.2, -0.15) is 24.9 Å². The van der Waals surface area contributed by atoms with Crippen molar-refractivity contribution in [2.24, 2.45) is 0 Å². The first-order valence-corrected chi connectivity index (χ1v) is 3.47. The molecule has 0 rings (SSSR count). The van der Waals surface area contributed by atoms with Gasteiger partial charge in [0.1, 0.15) is 0 Å². The molecule has 5 heteroatoms. The number of carbonyl (C=O) groups is 1. The van der Waals surface area contributed by atoms with Crippen molar-refractivity contribution in [3.8, 4) is 0 Å². The maximum atomic E-state index is 11.3. The monoisotopic (exact) mass is 158 g/mol. The lowest BCUT2D eigenvalue weighted by molar-refractivity contribution is -0.167. The summed E-state index contributed by atoms with van der Waals surface area (Å²) in [5.74, 6) is -2.15. The van der Waals surface area contributed by atoms with Gasteiger partial charge >= 0.3 is 6.18 Å². The van der Waals surface area contributed by atoms with Crippen LogP contribution in [0.2, 0.25) is 0 Å².